The summed E-state index contributed by atoms with van der Waals surface area (Å²) in [5, 5.41) is 3.43. The summed E-state index contributed by atoms with van der Waals surface area (Å²) >= 11 is 0. The molecule has 1 aromatic carbocycles. The first-order valence-electron chi connectivity index (χ1n) is 8.40. The molecule has 1 N–H and O–H groups in total. The van der Waals surface area contributed by atoms with E-state index in [-0.39, 0.29) is 6.10 Å². The highest BCUT2D eigenvalue weighted by molar-refractivity contribution is 5.31. The van der Waals surface area contributed by atoms with Gasteiger partial charge in [-0.1, -0.05) is 26.2 Å². The molecule has 1 aromatic rings. The predicted octanol–water partition coefficient (Wildman–Crippen LogP) is 4.17. The number of nitrogens with one attached hydrogen (secondary N) is 1. The second-order valence-corrected chi connectivity index (χ2v) is 5.86. The molecule has 1 aliphatic rings. The molecule has 2 rings (SSSR count). The van der Waals surface area contributed by atoms with E-state index in [4.69, 9.17) is 9.47 Å². The van der Waals surface area contributed by atoms with E-state index in [1.165, 1.54) is 32.1 Å². The van der Waals surface area contributed by atoms with Crippen LogP contribution in [0.5, 0.6) is 11.5 Å². The van der Waals surface area contributed by atoms with Gasteiger partial charge in [-0.15, -0.1) is 0 Å². The zero-order valence-corrected chi connectivity index (χ0v) is 13.4. The summed E-state index contributed by atoms with van der Waals surface area (Å²) in [5.74, 6) is 1.87. The Morgan fingerprint density at radius 3 is 2.33 bits per heavy atom. The molecule has 0 saturated heterocycles. The summed E-state index contributed by atoms with van der Waals surface area (Å²) in [6, 6.07) is 8.51. The molecule has 21 heavy (non-hydrogen) atoms. The highest BCUT2D eigenvalue weighted by atomic mass is 16.5. The number of rotatable bonds is 6. The molecule has 0 spiro atoms. The summed E-state index contributed by atoms with van der Waals surface area (Å²) in [4.78, 5) is 0. The molecule has 0 aromatic heterocycles. The standard InChI is InChI=1S/C18H29NO2/c1-3-14-20-15-10-12-16(13-11-15)21-18-9-7-5-4-6-8-17(18)19-2/h10-13,17-19H,3-9,14H2,1-2H3. The topological polar surface area (TPSA) is 30.5 Å². The summed E-state index contributed by atoms with van der Waals surface area (Å²) in [5.41, 5.74) is 0. The first-order chi connectivity index (χ1) is 10.3. The number of hydrogen-bond acceptors (Lipinski definition) is 3. The summed E-state index contributed by atoms with van der Waals surface area (Å²) in [6.45, 7) is 2.88. The van der Waals surface area contributed by atoms with Crippen molar-refractivity contribution < 1.29 is 9.47 Å². The molecule has 1 aliphatic carbocycles. The highest BCUT2D eigenvalue weighted by Gasteiger charge is 2.22. The molecule has 0 bridgehead atoms. The molecule has 1 saturated carbocycles. The third-order valence-electron chi connectivity index (χ3n) is 4.16. The molecule has 3 heteroatoms. The molecule has 0 aliphatic heterocycles. The summed E-state index contributed by atoms with van der Waals surface area (Å²) in [7, 11) is 2.05. The molecule has 0 heterocycles. The van der Waals surface area contributed by atoms with E-state index in [0.29, 0.717) is 6.04 Å². The SMILES string of the molecule is CCCOc1ccc(OC2CCCCCCC2NC)cc1. The maximum atomic E-state index is 6.24. The Kier molecular flexibility index (Phi) is 6.87. The minimum absolute atomic E-state index is 0.276. The lowest BCUT2D eigenvalue weighted by Crippen LogP contribution is -2.41. The summed E-state index contributed by atoms with van der Waals surface area (Å²) in [6.07, 6.45) is 8.91. The van der Waals surface area contributed by atoms with Crippen molar-refractivity contribution in [1.29, 1.82) is 0 Å². The van der Waals surface area contributed by atoms with Crippen molar-refractivity contribution in [2.45, 2.75) is 64.0 Å². The molecule has 3 nitrogen and oxygen atoms in total. The Balaban J connectivity index is 1.94. The zero-order valence-electron chi connectivity index (χ0n) is 13.4. The van der Waals surface area contributed by atoms with Gasteiger partial charge in [-0.2, -0.15) is 0 Å². The van der Waals surface area contributed by atoms with Crippen LogP contribution in [0.2, 0.25) is 0 Å². The molecular formula is C18H29NO2. The predicted molar refractivity (Wildman–Crippen MR) is 87.2 cm³/mol. The van der Waals surface area contributed by atoms with Gasteiger partial charge in [-0.3, -0.25) is 0 Å². The molecule has 0 amide bonds. The quantitative estimate of drug-likeness (QED) is 0.853. The van der Waals surface area contributed by atoms with Crippen LogP contribution in [0.4, 0.5) is 0 Å². The Labute approximate surface area is 129 Å². The van der Waals surface area contributed by atoms with Crippen molar-refractivity contribution >= 4 is 0 Å². The Hall–Kier alpha value is -1.22. The fourth-order valence-corrected chi connectivity index (χ4v) is 2.93. The largest absolute Gasteiger partial charge is 0.494 e. The molecule has 118 valence electrons. The van der Waals surface area contributed by atoms with Crippen LogP contribution >= 0.6 is 0 Å². The number of likely N-dealkylation sites (N-methyl/N-ethyl adjacent to an activating group) is 1. The second-order valence-electron chi connectivity index (χ2n) is 5.86. The molecule has 1 fully saturated rings. The van der Waals surface area contributed by atoms with Gasteiger partial charge in [0.1, 0.15) is 17.6 Å². The average Bonchev–Trinajstić information content (AvgIpc) is 2.49. The third-order valence-corrected chi connectivity index (χ3v) is 4.16. The van der Waals surface area contributed by atoms with Crippen LogP contribution in [0, 0.1) is 0 Å². The second kappa shape index (κ2) is 8.93. The van der Waals surface area contributed by atoms with Crippen molar-refractivity contribution in [2.75, 3.05) is 13.7 Å². The number of ether oxygens (including phenoxy) is 2. The van der Waals surface area contributed by atoms with Crippen LogP contribution in [0.1, 0.15) is 51.9 Å². The van der Waals surface area contributed by atoms with Crippen LogP contribution in [-0.4, -0.2) is 25.8 Å². The van der Waals surface area contributed by atoms with Crippen molar-refractivity contribution in [3.63, 3.8) is 0 Å². The lowest BCUT2D eigenvalue weighted by Gasteiger charge is -2.29. The fraction of sp³-hybridized carbons (Fsp3) is 0.667. The van der Waals surface area contributed by atoms with Gasteiger partial charge in [0.05, 0.1) is 6.61 Å². The van der Waals surface area contributed by atoms with Gasteiger partial charge in [0.15, 0.2) is 0 Å². The molecule has 2 unspecified atom stereocenters. The van der Waals surface area contributed by atoms with Crippen molar-refractivity contribution in [1.82, 2.24) is 5.32 Å². The first kappa shape index (κ1) is 16.2. The van der Waals surface area contributed by atoms with Crippen molar-refractivity contribution in [3.8, 4) is 11.5 Å². The smallest absolute Gasteiger partial charge is 0.120 e. The van der Waals surface area contributed by atoms with Crippen molar-refractivity contribution in [3.05, 3.63) is 24.3 Å². The van der Waals surface area contributed by atoms with E-state index in [0.717, 1.165) is 30.9 Å². The lowest BCUT2D eigenvalue weighted by atomic mass is 9.94. The molecule has 2 atom stereocenters. The van der Waals surface area contributed by atoms with Gasteiger partial charge in [0, 0.05) is 6.04 Å². The minimum Gasteiger partial charge on any atom is -0.494 e. The van der Waals surface area contributed by atoms with E-state index < -0.39 is 0 Å². The van der Waals surface area contributed by atoms with E-state index >= 15 is 0 Å². The van der Waals surface area contributed by atoms with Gasteiger partial charge < -0.3 is 14.8 Å². The summed E-state index contributed by atoms with van der Waals surface area (Å²) < 4.78 is 11.8. The van der Waals surface area contributed by atoms with Gasteiger partial charge in [-0.25, -0.2) is 0 Å². The van der Waals surface area contributed by atoms with Crippen LogP contribution in [0.15, 0.2) is 24.3 Å². The number of hydrogen-bond donors (Lipinski definition) is 1. The van der Waals surface area contributed by atoms with E-state index in [2.05, 4.69) is 12.2 Å². The monoisotopic (exact) mass is 291 g/mol. The maximum Gasteiger partial charge on any atom is 0.120 e. The lowest BCUT2D eigenvalue weighted by molar-refractivity contribution is 0.131. The van der Waals surface area contributed by atoms with Crippen molar-refractivity contribution in [2.24, 2.45) is 0 Å². The van der Waals surface area contributed by atoms with E-state index in [1.54, 1.807) is 0 Å². The van der Waals surface area contributed by atoms with Gasteiger partial charge in [0.2, 0.25) is 0 Å². The third kappa shape index (κ3) is 5.24. The molecule has 0 radical (unpaired) electrons. The normalized spacial score (nSPS) is 23.1. The van der Waals surface area contributed by atoms with Crippen LogP contribution in [-0.2, 0) is 0 Å². The van der Waals surface area contributed by atoms with Gasteiger partial charge in [0.25, 0.3) is 0 Å². The fourth-order valence-electron chi connectivity index (χ4n) is 2.93. The average molecular weight is 291 g/mol. The van der Waals surface area contributed by atoms with Crippen LogP contribution < -0.4 is 14.8 Å². The Morgan fingerprint density at radius 2 is 1.67 bits per heavy atom. The first-order valence-corrected chi connectivity index (χ1v) is 8.40. The van der Waals surface area contributed by atoms with E-state index in [9.17, 15) is 0 Å². The minimum atomic E-state index is 0.276. The number of benzene rings is 1. The Morgan fingerprint density at radius 1 is 1.00 bits per heavy atom. The van der Waals surface area contributed by atoms with Crippen LogP contribution in [0.3, 0.4) is 0 Å². The van der Waals surface area contributed by atoms with Crippen LogP contribution in [0.25, 0.3) is 0 Å². The van der Waals surface area contributed by atoms with Gasteiger partial charge >= 0.3 is 0 Å². The zero-order chi connectivity index (χ0) is 14.9. The molecular weight excluding hydrogens is 262 g/mol. The van der Waals surface area contributed by atoms with E-state index in [1.807, 2.05) is 31.3 Å². The van der Waals surface area contributed by atoms with Gasteiger partial charge in [-0.05, 0) is 57.0 Å². The maximum absolute atomic E-state index is 6.24. The highest BCUT2D eigenvalue weighted by Crippen LogP contribution is 2.24. The Bertz CT molecular complexity index is 391.